The van der Waals surface area contributed by atoms with E-state index in [0.717, 1.165) is 16.9 Å². The molecule has 0 amide bonds. The highest BCUT2D eigenvalue weighted by Gasteiger charge is 2.36. The van der Waals surface area contributed by atoms with E-state index in [-0.39, 0.29) is 6.61 Å². The van der Waals surface area contributed by atoms with E-state index in [1.807, 2.05) is 25.1 Å². The van der Waals surface area contributed by atoms with Crippen LogP contribution in [0, 0.1) is 6.92 Å². The second-order valence-corrected chi connectivity index (χ2v) is 3.60. The average Bonchev–Trinajstić information content (AvgIpc) is 2.45. The second-order valence-electron chi connectivity index (χ2n) is 3.60. The van der Waals surface area contributed by atoms with Crippen LogP contribution >= 0.6 is 0 Å². The SMILES string of the molecule is Cc1ccc2c(c1)OCC2(N)CO. The summed E-state index contributed by atoms with van der Waals surface area (Å²) >= 11 is 0. The molecule has 0 bridgehead atoms. The van der Waals surface area contributed by atoms with Crippen molar-refractivity contribution in [3.05, 3.63) is 29.3 Å². The lowest BCUT2D eigenvalue weighted by Crippen LogP contribution is -2.42. The molecule has 1 heterocycles. The van der Waals surface area contributed by atoms with E-state index < -0.39 is 5.54 Å². The average molecular weight is 179 g/mol. The van der Waals surface area contributed by atoms with Gasteiger partial charge in [-0.2, -0.15) is 0 Å². The molecule has 0 radical (unpaired) electrons. The molecule has 0 aliphatic carbocycles. The highest BCUT2D eigenvalue weighted by Crippen LogP contribution is 2.35. The van der Waals surface area contributed by atoms with Crippen LogP contribution in [0.2, 0.25) is 0 Å². The fourth-order valence-corrected chi connectivity index (χ4v) is 1.58. The van der Waals surface area contributed by atoms with E-state index >= 15 is 0 Å². The number of ether oxygens (including phenoxy) is 1. The van der Waals surface area contributed by atoms with Crippen LogP contribution in [0.3, 0.4) is 0 Å². The van der Waals surface area contributed by atoms with Crippen LogP contribution in [0.15, 0.2) is 18.2 Å². The van der Waals surface area contributed by atoms with Crippen LogP contribution < -0.4 is 10.5 Å². The summed E-state index contributed by atoms with van der Waals surface area (Å²) in [5.74, 6) is 0.802. The molecule has 0 spiro atoms. The van der Waals surface area contributed by atoms with Crippen LogP contribution in [0.4, 0.5) is 0 Å². The molecule has 1 aliphatic rings. The Hall–Kier alpha value is -1.06. The Bertz CT molecular complexity index is 338. The number of rotatable bonds is 1. The third-order valence-electron chi connectivity index (χ3n) is 2.44. The number of aliphatic hydroxyl groups is 1. The first-order valence-corrected chi connectivity index (χ1v) is 4.29. The summed E-state index contributed by atoms with van der Waals surface area (Å²) in [5.41, 5.74) is 7.28. The summed E-state index contributed by atoms with van der Waals surface area (Å²) in [4.78, 5) is 0. The Labute approximate surface area is 77.1 Å². The molecule has 70 valence electrons. The van der Waals surface area contributed by atoms with Crippen LogP contribution in [0.25, 0.3) is 0 Å². The summed E-state index contributed by atoms with van der Waals surface area (Å²) < 4.78 is 5.40. The van der Waals surface area contributed by atoms with Gasteiger partial charge in [0, 0.05) is 5.56 Å². The van der Waals surface area contributed by atoms with Gasteiger partial charge in [-0.05, 0) is 18.6 Å². The normalized spacial score (nSPS) is 25.5. The standard InChI is InChI=1S/C10H13NO2/c1-7-2-3-8-9(4-7)13-6-10(8,11)5-12/h2-4,12H,5-6,11H2,1H3. The third kappa shape index (κ3) is 1.20. The van der Waals surface area contributed by atoms with Crippen molar-refractivity contribution < 1.29 is 9.84 Å². The fourth-order valence-electron chi connectivity index (χ4n) is 1.58. The fraction of sp³-hybridized carbons (Fsp3) is 0.400. The monoisotopic (exact) mass is 179 g/mol. The predicted octanol–water partition coefficient (Wildman–Crippen LogP) is 0.534. The smallest absolute Gasteiger partial charge is 0.124 e. The van der Waals surface area contributed by atoms with E-state index in [4.69, 9.17) is 15.6 Å². The number of hydrogen-bond acceptors (Lipinski definition) is 3. The van der Waals surface area contributed by atoms with Crippen LogP contribution in [-0.4, -0.2) is 18.3 Å². The van der Waals surface area contributed by atoms with Crippen LogP contribution in [0.5, 0.6) is 5.75 Å². The van der Waals surface area contributed by atoms with E-state index in [0.29, 0.717) is 6.61 Å². The van der Waals surface area contributed by atoms with E-state index in [9.17, 15) is 0 Å². The zero-order valence-corrected chi connectivity index (χ0v) is 7.58. The van der Waals surface area contributed by atoms with Gasteiger partial charge in [-0.15, -0.1) is 0 Å². The Balaban J connectivity index is 2.49. The van der Waals surface area contributed by atoms with E-state index in [2.05, 4.69) is 0 Å². The van der Waals surface area contributed by atoms with Crippen molar-refractivity contribution >= 4 is 0 Å². The molecular formula is C10H13NO2. The lowest BCUT2D eigenvalue weighted by Gasteiger charge is -2.18. The molecule has 2 rings (SSSR count). The molecule has 1 aromatic carbocycles. The number of nitrogens with two attached hydrogens (primary N) is 1. The maximum atomic E-state index is 9.14. The number of benzene rings is 1. The zero-order valence-electron chi connectivity index (χ0n) is 7.58. The maximum absolute atomic E-state index is 9.14. The summed E-state index contributed by atoms with van der Waals surface area (Å²) in [7, 11) is 0. The molecule has 0 saturated heterocycles. The molecule has 3 heteroatoms. The van der Waals surface area contributed by atoms with Gasteiger partial charge in [0.2, 0.25) is 0 Å². The molecule has 1 aromatic rings. The van der Waals surface area contributed by atoms with Gasteiger partial charge in [-0.1, -0.05) is 12.1 Å². The largest absolute Gasteiger partial charge is 0.491 e. The number of aliphatic hydroxyl groups excluding tert-OH is 1. The molecule has 1 aliphatic heterocycles. The number of hydrogen-bond donors (Lipinski definition) is 2. The second kappa shape index (κ2) is 2.72. The minimum Gasteiger partial charge on any atom is -0.491 e. The first-order valence-electron chi connectivity index (χ1n) is 4.29. The lowest BCUT2D eigenvalue weighted by atomic mass is 9.94. The summed E-state index contributed by atoms with van der Waals surface area (Å²) in [6.45, 7) is 2.28. The molecule has 0 aromatic heterocycles. The quantitative estimate of drug-likeness (QED) is 0.661. The van der Waals surface area contributed by atoms with Gasteiger partial charge in [0.05, 0.1) is 6.61 Å². The first-order chi connectivity index (χ1) is 6.15. The lowest BCUT2D eigenvalue weighted by molar-refractivity contribution is 0.163. The topological polar surface area (TPSA) is 55.5 Å². The summed E-state index contributed by atoms with van der Waals surface area (Å²) in [5, 5.41) is 9.14. The summed E-state index contributed by atoms with van der Waals surface area (Å²) in [6.07, 6.45) is 0. The molecule has 0 saturated carbocycles. The van der Waals surface area contributed by atoms with Crippen molar-refractivity contribution in [2.45, 2.75) is 12.5 Å². The highest BCUT2D eigenvalue weighted by molar-refractivity contribution is 5.45. The first kappa shape index (κ1) is 8.53. The molecule has 1 atom stereocenters. The number of aryl methyl sites for hydroxylation is 1. The molecule has 13 heavy (non-hydrogen) atoms. The van der Waals surface area contributed by atoms with Crippen molar-refractivity contribution in [2.75, 3.05) is 13.2 Å². The van der Waals surface area contributed by atoms with Gasteiger partial charge in [-0.3, -0.25) is 0 Å². The van der Waals surface area contributed by atoms with Crippen LogP contribution in [0.1, 0.15) is 11.1 Å². The maximum Gasteiger partial charge on any atom is 0.124 e. The van der Waals surface area contributed by atoms with Crippen molar-refractivity contribution in [1.82, 2.24) is 0 Å². The highest BCUT2D eigenvalue weighted by atomic mass is 16.5. The van der Waals surface area contributed by atoms with Gasteiger partial charge >= 0.3 is 0 Å². The molecule has 1 unspecified atom stereocenters. The van der Waals surface area contributed by atoms with Gasteiger partial charge in [-0.25, -0.2) is 0 Å². The van der Waals surface area contributed by atoms with E-state index in [1.165, 1.54) is 0 Å². The molecule has 3 nitrogen and oxygen atoms in total. The van der Waals surface area contributed by atoms with Crippen molar-refractivity contribution in [3.63, 3.8) is 0 Å². The van der Waals surface area contributed by atoms with Gasteiger partial charge in [0.15, 0.2) is 0 Å². The summed E-state index contributed by atoms with van der Waals surface area (Å²) in [6, 6.07) is 5.85. The zero-order chi connectivity index (χ0) is 9.47. The Kier molecular flexibility index (Phi) is 1.78. The van der Waals surface area contributed by atoms with Crippen molar-refractivity contribution in [2.24, 2.45) is 5.73 Å². The minimum atomic E-state index is -0.705. The number of fused-ring (bicyclic) bond motifs is 1. The van der Waals surface area contributed by atoms with Crippen molar-refractivity contribution in [1.29, 1.82) is 0 Å². The van der Waals surface area contributed by atoms with Gasteiger partial charge in [0.25, 0.3) is 0 Å². The minimum absolute atomic E-state index is 0.0803. The van der Waals surface area contributed by atoms with E-state index in [1.54, 1.807) is 0 Å². The van der Waals surface area contributed by atoms with Crippen LogP contribution in [-0.2, 0) is 5.54 Å². The Morgan fingerprint density at radius 3 is 3.08 bits per heavy atom. The Morgan fingerprint density at radius 1 is 1.62 bits per heavy atom. The van der Waals surface area contributed by atoms with Crippen molar-refractivity contribution in [3.8, 4) is 5.75 Å². The predicted molar refractivity (Wildman–Crippen MR) is 49.6 cm³/mol. The molecular weight excluding hydrogens is 166 g/mol. The Morgan fingerprint density at radius 2 is 2.38 bits per heavy atom. The van der Waals surface area contributed by atoms with Gasteiger partial charge < -0.3 is 15.6 Å². The molecule has 3 N–H and O–H groups in total. The molecule has 0 fully saturated rings. The van der Waals surface area contributed by atoms with Gasteiger partial charge in [0.1, 0.15) is 17.9 Å². The third-order valence-corrected chi connectivity index (χ3v) is 2.44.